The van der Waals surface area contributed by atoms with Crippen LogP contribution >= 0.6 is 0 Å². The molecule has 2 aromatic heterocycles. The molecule has 0 saturated heterocycles. The largest absolute Gasteiger partial charge is 0.373 e. The molecular formula is C23H18F3N3O3. The van der Waals surface area contributed by atoms with E-state index in [-0.39, 0.29) is 35.2 Å². The SMILES string of the molecule is CN(C(=O)c1cc2c(C(F)F)cccc2[nH]1)[C@H]1COCc2[nH]c(=O)c3cc(F)ccc3c21. The minimum absolute atomic E-state index is 0.153. The molecule has 0 fully saturated rings. The second kappa shape index (κ2) is 7.52. The van der Waals surface area contributed by atoms with Crippen LogP contribution in [0, 0.1) is 5.82 Å². The van der Waals surface area contributed by atoms with E-state index in [1.54, 1.807) is 13.1 Å². The average molecular weight is 441 g/mol. The summed E-state index contributed by atoms with van der Waals surface area (Å²) in [5.41, 5.74) is 1.18. The number of hydrogen-bond acceptors (Lipinski definition) is 3. The van der Waals surface area contributed by atoms with E-state index in [1.165, 1.54) is 35.2 Å². The van der Waals surface area contributed by atoms with Gasteiger partial charge in [-0.05, 0) is 29.7 Å². The fraction of sp³-hybridized carbons (Fsp3) is 0.217. The first-order valence-corrected chi connectivity index (χ1v) is 9.94. The normalized spacial score (nSPS) is 16.0. The summed E-state index contributed by atoms with van der Waals surface area (Å²) in [7, 11) is 1.57. The highest BCUT2D eigenvalue weighted by Crippen LogP contribution is 2.34. The van der Waals surface area contributed by atoms with Crippen molar-refractivity contribution in [1.82, 2.24) is 14.9 Å². The maximum atomic E-state index is 13.7. The molecule has 1 amide bonds. The summed E-state index contributed by atoms with van der Waals surface area (Å²) in [5.74, 6) is -0.965. The Morgan fingerprint density at radius 1 is 1.12 bits per heavy atom. The van der Waals surface area contributed by atoms with Crippen molar-refractivity contribution >= 4 is 27.6 Å². The molecule has 5 rings (SSSR count). The monoisotopic (exact) mass is 441 g/mol. The minimum Gasteiger partial charge on any atom is -0.373 e. The number of hydrogen-bond donors (Lipinski definition) is 2. The number of likely N-dealkylation sites (N-methyl/N-ethyl adjacent to an activating group) is 1. The standard InChI is InChI=1S/C23H18F3N3O3/c1-29(23(31)17-8-14-13(21(25)26)3-2-4-16(14)27-17)19-10-32-9-18-20(19)12-6-5-11(24)7-15(12)22(30)28-18/h2-8,19,21,27H,9-10H2,1H3,(H,28,30)/t19-/m0/s1. The first kappa shape index (κ1) is 20.3. The Morgan fingerprint density at radius 2 is 1.94 bits per heavy atom. The van der Waals surface area contributed by atoms with E-state index in [0.29, 0.717) is 22.2 Å². The van der Waals surface area contributed by atoms with Crippen LogP contribution in [0.4, 0.5) is 13.2 Å². The highest BCUT2D eigenvalue weighted by Gasteiger charge is 2.31. The number of rotatable bonds is 3. The lowest BCUT2D eigenvalue weighted by Gasteiger charge is -2.33. The van der Waals surface area contributed by atoms with Crippen LogP contribution in [-0.2, 0) is 11.3 Å². The van der Waals surface area contributed by atoms with E-state index in [0.717, 1.165) is 6.07 Å². The lowest BCUT2D eigenvalue weighted by molar-refractivity contribution is 0.0333. The fourth-order valence-electron chi connectivity index (χ4n) is 4.35. The third-order valence-electron chi connectivity index (χ3n) is 5.91. The number of pyridine rings is 1. The van der Waals surface area contributed by atoms with Crippen LogP contribution in [0.2, 0.25) is 0 Å². The predicted molar refractivity (Wildman–Crippen MR) is 112 cm³/mol. The number of benzene rings is 2. The van der Waals surface area contributed by atoms with Crippen molar-refractivity contribution in [2.24, 2.45) is 0 Å². The number of nitrogens with zero attached hydrogens (tertiary/aromatic N) is 1. The van der Waals surface area contributed by atoms with Gasteiger partial charge in [-0.15, -0.1) is 0 Å². The molecule has 0 bridgehead atoms. The first-order chi connectivity index (χ1) is 15.3. The van der Waals surface area contributed by atoms with Gasteiger partial charge >= 0.3 is 0 Å². The Kier molecular flexibility index (Phi) is 4.78. The Bertz CT molecular complexity index is 1430. The summed E-state index contributed by atoms with van der Waals surface area (Å²) in [6.07, 6.45) is -2.67. The maximum absolute atomic E-state index is 13.7. The second-order valence-electron chi connectivity index (χ2n) is 7.78. The second-order valence-corrected chi connectivity index (χ2v) is 7.78. The smallest absolute Gasteiger partial charge is 0.270 e. The van der Waals surface area contributed by atoms with Gasteiger partial charge in [-0.25, -0.2) is 13.2 Å². The molecule has 9 heteroatoms. The summed E-state index contributed by atoms with van der Waals surface area (Å²) in [4.78, 5) is 32.8. The van der Waals surface area contributed by atoms with Crippen molar-refractivity contribution in [3.8, 4) is 0 Å². The number of fused-ring (bicyclic) bond motifs is 4. The quantitative estimate of drug-likeness (QED) is 0.494. The van der Waals surface area contributed by atoms with Crippen molar-refractivity contribution in [2.75, 3.05) is 13.7 Å². The van der Waals surface area contributed by atoms with Gasteiger partial charge < -0.3 is 19.6 Å². The molecular weight excluding hydrogens is 423 g/mol. The summed E-state index contributed by atoms with van der Waals surface area (Å²) < 4.78 is 46.1. The molecule has 0 spiro atoms. The number of nitrogens with one attached hydrogen (secondary N) is 2. The molecule has 2 N–H and O–H groups in total. The summed E-state index contributed by atoms with van der Waals surface area (Å²) in [6.45, 7) is 0.316. The Labute approximate surface area is 179 Å². The first-order valence-electron chi connectivity index (χ1n) is 9.94. The summed E-state index contributed by atoms with van der Waals surface area (Å²) in [5, 5.41) is 1.00. The van der Waals surface area contributed by atoms with Gasteiger partial charge in [-0.1, -0.05) is 18.2 Å². The summed E-state index contributed by atoms with van der Waals surface area (Å²) >= 11 is 0. The molecule has 32 heavy (non-hydrogen) atoms. The van der Waals surface area contributed by atoms with E-state index in [9.17, 15) is 22.8 Å². The average Bonchev–Trinajstić information content (AvgIpc) is 3.22. The predicted octanol–water partition coefficient (Wildman–Crippen LogP) is 4.43. The Morgan fingerprint density at radius 3 is 2.72 bits per heavy atom. The lowest BCUT2D eigenvalue weighted by atomic mass is 9.95. The number of carbonyl (C=O) groups is 1. The van der Waals surface area contributed by atoms with Crippen molar-refractivity contribution in [3.05, 3.63) is 81.2 Å². The van der Waals surface area contributed by atoms with E-state index in [1.807, 2.05) is 0 Å². The van der Waals surface area contributed by atoms with Gasteiger partial charge in [-0.3, -0.25) is 9.59 Å². The van der Waals surface area contributed by atoms with Gasteiger partial charge in [-0.2, -0.15) is 0 Å². The van der Waals surface area contributed by atoms with Crippen LogP contribution in [-0.4, -0.2) is 34.4 Å². The van der Waals surface area contributed by atoms with E-state index in [2.05, 4.69) is 9.97 Å². The van der Waals surface area contributed by atoms with Crippen LogP contribution in [0.3, 0.4) is 0 Å². The zero-order valence-electron chi connectivity index (χ0n) is 16.9. The third kappa shape index (κ3) is 3.16. The molecule has 2 aromatic carbocycles. The van der Waals surface area contributed by atoms with Gasteiger partial charge in [0, 0.05) is 34.8 Å². The number of halogens is 3. The highest BCUT2D eigenvalue weighted by atomic mass is 19.3. The molecule has 4 aromatic rings. The van der Waals surface area contributed by atoms with Crippen molar-refractivity contribution in [2.45, 2.75) is 19.1 Å². The van der Waals surface area contributed by atoms with Crippen LogP contribution in [0.25, 0.3) is 21.7 Å². The molecule has 1 aliphatic heterocycles. The van der Waals surface area contributed by atoms with Crippen molar-refractivity contribution < 1.29 is 22.7 Å². The fourth-order valence-corrected chi connectivity index (χ4v) is 4.35. The van der Waals surface area contributed by atoms with Crippen LogP contribution < -0.4 is 5.56 Å². The molecule has 3 heterocycles. The highest BCUT2D eigenvalue weighted by molar-refractivity contribution is 5.99. The van der Waals surface area contributed by atoms with E-state index in [4.69, 9.17) is 4.74 Å². The maximum Gasteiger partial charge on any atom is 0.270 e. The third-order valence-corrected chi connectivity index (χ3v) is 5.91. The molecule has 6 nitrogen and oxygen atoms in total. The molecule has 0 aliphatic carbocycles. The number of ether oxygens (including phenoxy) is 1. The van der Waals surface area contributed by atoms with Gasteiger partial charge in [0.2, 0.25) is 0 Å². The van der Waals surface area contributed by atoms with Crippen LogP contribution in [0.15, 0.2) is 47.3 Å². The van der Waals surface area contributed by atoms with E-state index < -0.39 is 29.8 Å². The van der Waals surface area contributed by atoms with Gasteiger partial charge in [0.15, 0.2) is 0 Å². The minimum atomic E-state index is -2.67. The number of alkyl halides is 2. The number of H-pyrrole nitrogens is 2. The molecule has 0 radical (unpaired) electrons. The topological polar surface area (TPSA) is 78.2 Å². The van der Waals surface area contributed by atoms with Crippen LogP contribution in [0.5, 0.6) is 0 Å². The molecule has 0 saturated carbocycles. The zero-order valence-corrected chi connectivity index (χ0v) is 16.9. The van der Waals surface area contributed by atoms with Gasteiger partial charge in [0.1, 0.15) is 11.5 Å². The van der Waals surface area contributed by atoms with Gasteiger partial charge in [0.25, 0.3) is 17.9 Å². The Balaban J connectivity index is 1.59. The number of amides is 1. The summed E-state index contributed by atoms with van der Waals surface area (Å²) in [6, 6.07) is 9.25. The molecule has 1 aliphatic rings. The number of aromatic nitrogens is 2. The molecule has 164 valence electrons. The zero-order chi connectivity index (χ0) is 22.6. The van der Waals surface area contributed by atoms with Crippen LogP contribution in [0.1, 0.15) is 39.8 Å². The number of carbonyl (C=O) groups excluding carboxylic acids is 1. The van der Waals surface area contributed by atoms with Crippen molar-refractivity contribution in [3.63, 3.8) is 0 Å². The van der Waals surface area contributed by atoms with E-state index >= 15 is 0 Å². The van der Waals surface area contributed by atoms with Crippen molar-refractivity contribution in [1.29, 1.82) is 0 Å². The van der Waals surface area contributed by atoms with Gasteiger partial charge in [0.05, 0.1) is 24.6 Å². The molecule has 0 unspecified atom stereocenters. The lowest BCUT2D eigenvalue weighted by Crippen LogP contribution is -2.37. The number of aromatic amines is 2. The Hall–Kier alpha value is -3.59. The molecule has 1 atom stereocenters.